The molecule has 1 aromatic rings. The molecule has 0 aromatic heterocycles. The quantitative estimate of drug-likeness (QED) is 0.122. The Morgan fingerprint density at radius 1 is 0.936 bits per heavy atom. The summed E-state index contributed by atoms with van der Waals surface area (Å²) in [4.78, 5) is 41.1. The van der Waals surface area contributed by atoms with Crippen LogP contribution < -0.4 is 0 Å². The molecule has 0 aliphatic heterocycles. The molecule has 0 saturated heterocycles. The summed E-state index contributed by atoms with van der Waals surface area (Å²) in [6.45, 7) is 9.32. The van der Waals surface area contributed by atoms with E-state index in [1.54, 1.807) is 49.4 Å². The molecule has 5 rings (SSSR count). The van der Waals surface area contributed by atoms with Gasteiger partial charge in [-0.05, 0) is 49.0 Å². The van der Waals surface area contributed by atoms with Crippen LogP contribution in [0.4, 0.5) is 0 Å². The fraction of sp³-hybridized carbons (Fsp3) is 0.667. The van der Waals surface area contributed by atoms with Gasteiger partial charge in [-0.15, -0.1) is 0 Å². The molecule has 8 atom stereocenters. The van der Waals surface area contributed by atoms with Crippen molar-refractivity contribution in [1.82, 2.24) is 0 Å². The number of carbonyl (C=O) groups is 3. The number of ketones is 1. The first-order chi connectivity index (χ1) is 22.3. The predicted octanol–water partition coefficient (Wildman–Crippen LogP) is 6.27. The van der Waals surface area contributed by atoms with Crippen LogP contribution in [0.3, 0.4) is 0 Å². The Morgan fingerprint density at radius 2 is 1.55 bits per heavy atom. The van der Waals surface area contributed by atoms with Gasteiger partial charge in [0.2, 0.25) is 0 Å². The van der Waals surface area contributed by atoms with Gasteiger partial charge < -0.3 is 24.8 Å². The zero-order valence-electron chi connectivity index (χ0n) is 28.8. The Bertz CT molecular complexity index is 1400. The average Bonchev–Trinajstić information content (AvgIpc) is 3.46. The van der Waals surface area contributed by atoms with Crippen molar-refractivity contribution in [2.45, 2.75) is 129 Å². The summed E-state index contributed by atoms with van der Waals surface area (Å²) < 4.78 is 12.0. The van der Waals surface area contributed by atoms with Crippen LogP contribution in [0.5, 0.6) is 0 Å². The monoisotopic (exact) mass is 650 g/mol. The SMILES string of the molecule is CCCCCCCCCCCC(=O)O[C@@]12C[C@@H](C)[C@@]34C=C(C)[C@H](O)[C@@]3(O)[C@H](O)C(COC(=O)c3ccccc3)=C[C@@H](C4=O)[C@@H]1C2(C)C. The first kappa shape index (κ1) is 35.5. The van der Waals surface area contributed by atoms with Crippen molar-refractivity contribution in [2.75, 3.05) is 6.61 Å². The highest BCUT2D eigenvalue weighted by molar-refractivity contribution is 5.96. The number of esters is 2. The number of allylic oxidation sites excluding steroid dienone is 1. The smallest absolute Gasteiger partial charge is 0.338 e. The molecule has 2 bridgehead atoms. The fourth-order valence-corrected chi connectivity index (χ4v) is 9.36. The van der Waals surface area contributed by atoms with Crippen LogP contribution in [0, 0.1) is 28.6 Å². The fourth-order valence-electron chi connectivity index (χ4n) is 9.36. The Balaban J connectivity index is 1.39. The number of aliphatic hydroxyl groups is 3. The molecule has 0 unspecified atom stereocenters. The van der Waals surface area contributed by atoms with Gasteiger partial charge in [-0.25, -0.2) is 4.79 Å². The number of Topliss-reactive ketones (excluding diaryl/α,β-unsaturated/α-hetero) is 1. The number of aliphatic hydroxyl groups excluding tert-OH is 2. The number of ether oxygens (including phenoxy) is 2. The van der Waals surface area contributed by atoms with Crippen molar-refractivity contribution in [3.05, 3.63) is 59.2 Å². The summed E-state index contributed by atoms with van der Waals surface area (Å²) in [7, 11) is 0. The van der Waals surface area contributed by atoms with E-state index in [0.29, 0.717) is 24.0 Å². The van der Waals surface area contributed by atoms with Gasteiger partial charge in [-0.2, -0.15) is 0 Å². The first-order valence-corrected chi connectivity index (χ1v) is 17.8. The van der Waals surface area contributed by atoms with Crippen molar-refractivity contribution in [2.24, 2.45) is 28.6 Å². The van der Waals surface area contributed by atoms with E-state index < -0.39 is 58.0 Å². The summed E-state index contributed by atoms with van der Waals surface area (Å²) in [5.41, 5.74) is -4.61. The number of rotatable bonds is 14. The first-order valence-electron chi connectivity index (χ1n) is 17.8. The predicted molar refractivity (Wildman–Crippen MR) is 178 cm³/mol. The number of hydrogen-bond donors (Lipinski definition) is 3. The highest BCUT2D eigenvalue weighted by Gasteiger charge is 2.83. The molecule has 1 aromatic carbocycles. The lowest BCUT2D eigenvalue weighted by Gasteiger charge is -2.48. The number of carbonyl (C=O) groups excluding carboxylic acids is 3. The van der Waals surface area contributed by atoms with Gasteiger partial charge in [-0.1, -0.05) is 109 Å². The Labute approximate surface area is 279 Å². The lowest BCUT2D eigenvalue weighted by atomic mass is 9.59. The Kier molecular flexibility index (Phi) is 10.3. The molecule has 0 amide bonds. The molecule has 258 valence electrons. The minimum Gasteiger partial charge on any atom is -0.458 e. The summed E-state index contributed by atoms with van der Waals surface area (Å²) in [6.07, 6.45) is 10.9. The van der Waals surface area contributed by atoms with E-state index in [0.717, 1.165) is 19.3 Å². The molecule has 3 N–H and O–H groups in total. The topological polar surface area (TPSA) is 130 Å². The van der Waals surface area contributed by atoms with Crippen LogP contribution in [-0.2, 0) is 19.1 Å². The van der Waals surface area contributed by atoms with E-state index in [1.165, 1.54) is 38.5 Å². The van der Waals surface area contributed by atoms with Crippen LogP contribution in [-0.4, -0.2) is 63.1 Å². The minimum absolute atomic E-state index is 0.144. The van der Waals surface area contributed by atoms with Crippen LogP contribution in [0.15, 0.2) is 53.6 Å². The molecule has 4 aliphatic carbocycles. The summed E-state index contributed by atoms with van der Waals surface area (Å²) >= 11 is 0. The van der Waals surface area contributed by atoms with Crippen LogP contribution in [0.1, 0.15) is 116 Å². The molecule has 47 heavy (non-hydrogen) atoms. The molecule has 0 radical (unpaired) electrons. The second-order valence-electron chi connectivity index (χ2n) is 15.2. The molecule has 8 heteroatoms. The second-order valence-corrected chi connectivity index (χ2v) is 15.2. The van der Waals surface area contributed by atoms with E-state index in [9.17, 15) is 29.7 Å². The summed E-state index contributed by atoms with van der Waals surface area (Å²) in [5, 5.41) is 35.6. The number of fused-ring (bicyclic) bond motifs is 3. The van der Waals surface area contributed by atoms with E-state index in [1.807, 2.05) is 20.8 Å². The van der Waals surface area contributed by atoms with Crippen molar-refractivity contribution in [3.63, 3.8) is 0 Å². The maximum Gasteiger partial charge on any atom is 0.338 e. The van der Waals surface area contributed by atoms with Crippen molar-refractivity contribution >= 4 is 17.7 Å². The van der Waals surface area contributed by atoms with Gasteiger partial charge in [0.15, 0.2) is 5.78 Å². The number of hydrogen-bond acceptors (Lipinski definition) is 8. The Morgan fingerprint density at radius 3 is 2.19 bits per heavy atom. The maximum absolute atomic E-state index is 14.8. The second kappa shape index (κ2) is 13.6. The third-order valence-electron chi connectivity index (χ3n) is 12.0. The number of benzene rings is 1. The normalized spacial score (nSPS) is 35.1. The van der Waals surface area contributed by atoms with E-state index in [4.69, 9.17) is 9.47 Å². The lowest BCUT2D eigenvalue weighted by Crippen LogP contribution is -2.65. The molecule has 2 fully saturated rings. The van der Waals surface area contributed by atoms with Crippen molar-refractivity contribution < 1.29 is 39.2 Å². The van der Waals surface area contributed by atoms with E-state index in [-0.39, 0.29) is 23.9 Å². The number of unbranched alkanes of at least 4 members (excludes halogenated alkanes) is 8. The molecule has 2 saturated carbocycles. The average molecular weight is 651 g/mol. The van der Waals surface area contributed by atoms with Crippen molar-refractivity contribution in [3.8, 4) is 0 Å². The third kappa shape index (κ3) is 5.82. The lowest BCUT2D eigenvalue weighted by molar-refractivity contribution is -0.191. The summed E-state index contributed by atoms with van der Waals surface area (Å²) in [5.74, 6) is -3.08. The standard InChI is InChI=1S/C39H54O8/c1-6-7-8-9-10-11-12-13-17-20-30(40)47-38-23-26(3)37-22-25(2)32(41)39(37,45)33(42)28(21-29(34(37)43)31(38)36(38,4)5)24-46-35(44)27-18-15-14-16-19-27/h14-16,18-19,21-22,26,29,31-33,41-42,45H,6-13,17,20,23-24H2,1-5H3/t26-,29-,31-,32+,33-,37-,38+,39-/m1/s1. The zero-order chi connectivity index (χ0) is 34.2. The zero-order valence-corrected chi connectivity index (χ0v) is 28.8. The van der Waals surface area contributed by atoms with Crippen LogP contribution in [0.25, 0.3) is 0 Å². The molecule has 4 aliphatic rings. The Hall–Kier alpha value is -2.81. The van der Waals surface area contributed by atoms with Crippen molar-refractivity contribution in [1.29, 1.82) is 0 Å². The minimum atomic E-state index is -2.30. The van der Waals surface area contributed by atoms with Gasteiger partial charge in [0.25, 0.3) is 0 Å². The van der Waals surface area contributed by atoms with Gasteiger partial charge in [-0.3, -0.25) is 9.59 Å². The molecule has 8 nitrogen and oxygen atoms in total. The van der Waals surface area contributed by atoms with E-state index in [2.05, 4.69) is 6.92 Å². The highest BCUT2D eigenvalue weighted by Crippen LogP contribution is 2.75. The van der Waals surface area contributed by atoms with Gasteiger partial charge in [0.05, 0.1) is 11.0 Å². The highest BCUT2D eigenvalue weighted by atomic mass is 16.6. The maximum atomic E-state index is 14.8. The van der Waals surface area contributed by atoms with Gasteiger partial charge in [0, 0.05) is 23.7 Å². The van der Waals surface area contributed by atoms with Crippen LogP contribution >= 0.6 is 0 Å². The summed E-state index contributed by atoms with van der Waals surface area (Å²) in [6, 6.07) is 8.44. The molecule has 1 spiro atoms. The molecule has 0 heterocycles. The van der Waals surface area contributed by atoms with Gasteiger partial charge >= 0.3 is 11.9 Å². The largest absolute Gasteiger partial charge is 0.458 e. The van der Waals surface area contributed by atoms with E-state index >= 15 is 0 Å². The third-order valence-corrected chi connectivity index (χ3v) is 12.0. The molecular weight excluding hydrogens is 596 g/mol. The van der Waals surface area contributed by atoms with Crippen LogP contribution in [0.2, 0.25) is 0 Å². The van der Waals surface area contributed by atoms with Gasteiger partial charge in [0.1, 0.15) is 30.0 Å². The molecular formula is C39H54O8.